The number of hydrogen-bond donors (Lipinski definition) is 2. The summed E-state index contributed by atoms with van der Waals surface area (Å²) in [4.78, 5) is 12.8. The third kappa shape index (κ3) is 2.47. The topological polar surface area (TPSA) is 85.8 Å². The standard InChI is InChI=1S/C14H15N5OS/c1-2-19-8-17-18-11(19)7-16-14(20)13-12(15)9-5-3-4-6-10(9)21-13/h3-6,8H,2,7,15H2,1H3,(H,16,20). The van der Waals surface area contributed by atoms with Gasteiger partial charge in [0, 0.05) is 16.6 Å². The van der Waals surface area contributed by atoms with E-state index < -0.39 is 0 Å². The molecular formula is C14H15N5OS. The number of amides is 1. The predicted molar refractivity (Wildman–Crippen MR) is 83.1 cm³/mol. The van der Waals surface area contributed by atoms with Crippen molar-refractivity contribution < 1.29 is 4.79 Å². The van der Waals surface area contributed by atoms with Gasteiger partial charge in [-0.1, -0.05) is 18.2 Å². The summed E-state index contributed by atoms with van der Waals surface area (Å²) in [5.74, 6) is 0.546. The van der Waals surface area contributed by atoms with E-state index in [-0.39, 0.29) is 5.91 Å². The number of nitrogens with zero attached hydrogens (tertiary/aromatic N) is 3. The zero-order valence-electron chi connectivity index (χ0n) is 11.5. The molecule has 3 rings (SSSR count). The van der Waals surface area contributed by atoms with E-state index in [0.717, 1.165) is 22.5 Å². The van der Waals surface area contributed by atoms with Crippen molar-refractivity contribution >= 4 is 33.0 Å². The number of nitrogens with two attached hydrogens (primary N) is 1. The molecule has 0 unspecified atom stereocenters. The normalized spacial score (nSPS) is 10.9. The van der Waals surface area contributed by atoms with Crippen molar-refractivity contribution in [1.82, 2.24) is 20.1 Å². The summed E-state index contributed by atoms with van der Waals surface area (Å²) >= 11 is 1.40. The van der Waals surface area contributed by atoms with E-state index >= 15 is 0 Å². The van der Waals surface area contributed by atoms with Gasteiger partial charge in [0.15, 0.2) is 5.82 Å². The number of carbonyl (C=O) groups excluding carboxylic acids is 1. The molecule has 108 valence electrons. The molecule has 7 heteroatoms. The number of fused-ring (bicyclic) bond motifs is 1. The van der Waals surface area contributed by atoms with Gasteiger partial charge >= 0.3 is 0 Å². The van der Waals surface area contributed by atoms with Crippen LogP contribution in [-0.2, 0) is 13.1 Å². The molecule has 0 atom stereocenters. The molecule has 0 aliphatic rings. The smallest absolute Gasteiger partial charge is 0.263 e. The van der Waals surface area contributed by atoms with E-state index in [1.165, 1.54) is 11.3 Å². The van der Waals surface area contributed by atoms with Crippen LogP contribution in [0, 0.1) is 0 Å². The lowest BCUT2D eigenvalue weighted by molar-refractivity contribution is 0.0954. The average molecular weight is 301 g/mol. The third-order valence-corrected chi connectivity index (χ3v) is 4.47. The van der Waals surface area contributed by atoms with E-state index in [1.54, 1.807) is 6.33 Å². The van der Waals surface area contributed by atoms with E-state index in [1.807, 2.05) is 35.8 Å². The molecule has 0 saturated heterocycles. The molecule has 0 radical (unpaired) electrons. The zero-order valence-corrected chi connectivity index (χ0v) is 12.4. The van der Waals surface area contributed by atoms with Gasteiger partial charge in [0.05, 0.1) is 12.2 Å². The monoisotopic (exact) mass is 301 g/mol. The lowest BCUT2D eigenvalue weighted by atomic mass is 10.2. The number of hydrogen-bond acceptors (Lipinski definition) is 5. The van der Waals surface area contributed by atoms with E-state index in [2.05, 4.69) is 15.5 Å². The molecule has 3 N–H and O–H groups in total. The minimum absolute atomic E-state index is 0.181. The number of nitrogen functional groups attached to an aromatic ring is 1. The summed E-state index contributed by atoms with van der Waals surface area (Å²) in [5, 5.41) is 11.6. The minimum Gasteiger partial charge on any atom is -0.397 e. The molecule has 3 aromatic rings. The molecule has 2 heterocycles. The third-order valence-electron chi connectivity index (χ3n) is 3.28. The Labute approximate surface area is 125 Å². The van der Waals surface area contributed by atoms with Crippen molar-refractivity contribution in [3.8, 4) is 0 Å². The van der Waals surface area contributed by atoms with Gasteiger partial charge in [-0.2, -0.15) is 0 Å². The Kier molecular flexibility index (Phi) is 3.57. The zero-order chi connectivity index (χ0) is 14.8. The summed E-state index contributed by atoms with van der Waals surface area (Å²) in [5.41, 5.74) is 6.59. The molecule has 1 amide bonds. The maximum absolute atomic E-state index is 12.3. The SMILES string of the molecule is CCn1cnnc1CNC(=O)c1sc2ccccc2c1N. The first-order valence-electron chi connectivity index (χ1n) is 6.62. The number of nitrogens with one attached hydrogen (secondary N) is 1. The molecule has 0 spiro atoms. The molecule has 0 saturated carbocycles. The quantitative estimate of drug-likeness (QED) is 0.772. The van der Waals surface area contributed by atoms with Crippen LogP contribution in [0.1, 0.15) is 22.4 Å². The van der Waals surface area contributed by atoms with Crippen molar-refractivity contribution in [2.24, 2.45) is 0 Å². The maximum Gasteiger partial charge on any atom is 0.263 e. The van der Waals surface area contributed by atoms with Crippen LogP contribution in [0.4, 0.5) is 5.69 Å². The first-order chi connectivity index (χ1) is 10.2. The van der Waals surface area contributed by atoms with Crippen molar-refractivity contribution in [2.45, 2.75) is 20.0 Å². The van der Waals surface area contributed by atoms with Crippen LogP contribution in [-0.4, -0.2) is 20.7 Å². The van der Waals surface area contributed by atoms with Crippen molar-refractivity contribution in [3.05, 3.63) is 41.3 Å². The fourth-order valence-electron chi connectivity index (χ4n) is 2.15. The molecule has 6 nitrogen and oxygen atoms in total. The minimum atomic E-state index is -0.181. The summed E-state index contributed by atoms with van der Waals surface area (Å²) in [6.07, 6.45) is 1.65. The number of rotatable bonds is 4. The first kappa shape index (κ1) is 13.6. The molecule has 1 aromatic carbocycles. The van der Waals surface area contributed by atoms with E-state index in [0.29, 0.717) is 17.1 Å². The Hall–Kier alpha value is -2.41. The Bertz CT molecular complexity index is 792. The molecule has 21 heavy (non-hydrogen) atoms. The summed E-state index contributed by atoms with van der Waals surface area (Å²) in [7, 11) is 0. The number of carbonyl (C=O) groups is 1. The van der Waals surface area contributed by atoms with Crippen LogP contribution in [0.15, 0.2) is 30.6 Å². The molecule has 0 aliphatic carbocycles. The second kappa shape index (κ2) is 5.53. The van der Waals surface area contributed by atoms with Crippen molar-refractivity contribution in [1.29, 1.82) is 0 Å². The Morgan fingerprint density at radius 3 is 3.00 bits per heavy atom. The van der Waals surface area contributed by atoms with E-state index in [4.69, 9.17) is 5.73 Å². The average Bonchev–Trinajstić information content (AvgIpc) is 3.09. The second-order valence-corrected chi connectivity index (χ2v) is 5.61. The number of aromatic nitrogens is 3. The van der Waals surface area contributed by atoms with Gasteiger partial charge in [-0.15, -0.1) is 21.5 Å². The van der Waals surface area contributed by atoms with Crippen LogP contribution in [0.2, 0.25) is 0 Å². The number of thiophene rings is 1. The van der Waals surface area contributed by atoms with Gasteiger partial charge in [0.25, 0.3) is 5.91 Å². The van der Waals surface area contributed by atoms with Crippen molar-refractivity contribution in [3.63, 3.8) is 0 Å². The summed E-state index contributed by atoms with van der Waals surface area (Å²) < 4.78 is 2.89. The Balaban J connectivity index is 1.80. The highest BCUT2D eigenvalue weighted by atomic mass is 32.1. The predicted octanol–water partition coefficient (Wildman–Crippen LogP) is 2.02. The van der Waals surface area contributed by atoms with Crippen LogP contribution in [0.5, 0.6) is 0 Å². The van der Waals surface area contributed by atoms with Gasteiger partial charge in [-0.25, -0.2) is 0 Å². The van der Waals surface area contributed by atoms with Crippen LogP contribution in [0.3, 0.4) is 0 Å². The summed E-state index contributed by atoms with van der Waals surface area (Å²) in [6.45, 7) is 3.10. The van der Waals surface area contributed by atoms with Gasteiger partial charge in [0.1, 0.15) is 11.2 Å². The fourth-order valence-corrected chi connectivity index (χ4v) is 3.19. The van der Waals surface area contributed by atoms with Crippen LogP contribution >= 0.6 is 11.3 Å². The molecule has 0 aliphatic heterocycles. The Morgan fingerprint density at radius 2 is 2.24 bits per heavy atom. The number of benzene rings is 1. The summed E-state index contributed by atoms with van der Waals surface area (Å²) in [6, 6.07) is 7.73. The highest BCUT2D eigenvalue weighted by molar-refractivity contribution is 7.21. The second-order valence-electron chi connectivity index (χ2n) is 4.56. The van der Waals surface area contributed by atoms with E-state index in [9.17, 15) is 4.79 Å². The fraction of sp³-hybridized carbons (Fsp3) is 0.214. The molecular weight excluding hydrogens is 286 g/mol. The van der Waals surface area contributed by atoms with Gasteiger partial charge in [0.2, 0.25) is 0 Å². The molecule has 0 bridgehead atoms. The number of aryl methyl sites for hydroxylation is 1. The first-order valence-corrected chi connectivity index (χ1v) is 7.44. The van der Waals surface area contributed by atoms with Gasteiger partial charge < -0.3 is 15.6 Å². The number of anilines is 1. The maximum atomic E-state index is 12.3. The lowest BCUT2D eigenvalue weighted by Crippen LogP contribution is -2.24. The van der Waals surface area contributed by atoms with Crippen LogP contribution < -0.4 is 11.1 Å². The van der Waals surface area contributed by atoms with Gasteiger partial charge in [-0.3, -0.25) is 4.79 Å². The highest BCUT2D eigenvalue weighted by Crippen LogP contribution is 2.33. The van der Waals surface area contributed by atoms with Crippen molar-refractivity contribution in [2.75, 3.05) is 5.73 Å². The molecule has 0 fully saturated rings. The molecule has 2 aromatic heterocycles. The lowest BCUT2D eigenvalue weighted by Gasteiger charge is -2.05. The Morgan fingerprint density at radius 1 is 1.43 bits per heavy atom. The van der Waals surface area contributed by atoms with Gasteiger partial charge in [-0.05, 0) is 13.0 Å². The largest absolute Gasteiger partial charge is 0.397 e. The highest BCUT2D eigenvalue weighted by Gasteiger charge is 2.16. The van der Waals surface area contributed by atoms with Crippen LogP contribution in [0.25, 0.3) is 10.1 Å².